The number of halogens is 1. The van der Waals surface area contributed by atoms with Crippen LogP contribution in [0.3, 0.4) is 0 Å². The number of pyridine rings is 1. The number of hydrogen-bond donors (Lipinski definition) is 0. The smallest absolute Gasteiger partial charge is 0.349 e. The van der Waals surface area contributed by atoms with Gasteiger partial charge in [-0.15, -0.1) is 11.3 Å². The average Bonchev–Trinajstić information content (AvgIpc) is 3.08. The van der Waals surface area contributed by atoms with Gasteiger partial charge in [-0.25, -0.2) is 4.79 Å². The first-order valence-corrected chi connectivity index (χ1v) is 10.4. The van der Waals surface area contributed by atoms with Crippen molar-refractivity contribution in [2.24, 2.45) is 0 Å². The Kier molecular flexibility index (Phi) is 5.15. The molecule has 0 aliphatic heterocycles. The highest BCUT2D eigenvalue weighted by atomic mass is 79.9. The predicted octanol–water partition coefficient (Wildman–Crippen LogP) is 5.66. The third kappa shape index (κ3) is 3.30. The summed E-state index contributed by atoms with van der Waals surface area (Å²) in [6.07, 6.45) is 0. The van der Waals surface area contributed by atoms with Gasteiger partial charge in [-0.3, -0.25) is 9.36 Å². The number of ether oxygens (including phenoxy) is 1. The normalized spacial score (nSPS) is 10.9. The minimum atomic E-state index is -0.379. The maximum atomic E-state index is 12.7. The van der Waals surface area contributed by atoms with E-state index >= 15 is 0 Å². The number of benzene rings is 2. The zero-order valence-electron chi connectivity index (χ0n) is 15.0. The Morgan fingerprint density at radius 3 is 2.57 bits per heavy atom. The van der Waals surface area contributed by atoms with Crippen molar-refractivity contribution in [2.45, 2.75) is 6.92 Å². The van der Waals surface area contributed by atoms with Crippen molar-refractivity contribution in [3.8, 4) is 16.8 Å². The molecule has 0 amide bonds. The molecule has 4 nitrogen and oxygen atoms in total. The molecule has 0 aliphatic rings. The summed E-state index contributed by atoms with van der Waals surface area (Å²) in [6.45, 7) is 2.07. The fourth-order valence-corrected chi connectivity index (χ4v) is 4.79. The van der Waals surface area contributed by atoms with Gasteiger partial charge in [0, 0.05) is 21.5 Å². The van der Waals surface area contributed by atoms with Crippen LogP contribution in [0.4, 0.5) is 0 Å². The summed E-state index contributed by atoms with van der Waals surface area (Å²) in [5.74, 6) is -0.379. The Balaban J connectivity index is 2.08. The van der Waals surface area contributed by atoms with E-state index in [-0.39, 0.29) is 11.5 Å². The van der Waals surface area contributed by atoms with Gasteiger partial charge in [0.05, 0.1) is 12.3 Å². The second-order valence-electron chi connectivity index (χ2n) is 6.10. The van der Waals surface area contributed by atoms with Gasteiger partial charge >= 0.3 is 5.97 Å². The molecule has 0 unspecified atom stereocenters. The summed E-state index contributed by atoms with van der Waals surface area (Å²) in [5, 5.41) is 0.846. The summed E-state index contributed by atoms with van der Waals surface area (Å²) in [6, 6.07) is 20.6. The van der Waals surface area contributed by atoms with Crippen LogP contribution < -0.4 is 5.56 Å². The first kappa shape index (κ1) is 18.7. The average molecular weight is 454 g/mol. The Bertz CT molecular complexity index is 1230. The number of hydrogen-bond acceptors (Lipinski definition) is 4. The van der Waals surface area contributed by atoms with E-state index in [2.05, 4.69) is 15.9 Å². The molecule has 0 saturated carbocycles. The quantitative estimate of drug-likeness (QED) is 0.374. The van der Waals surface area contributed by atoms with Crippen molar-refractivity contribution in [3.63, 3.8) is 0 Å². The van der Waals surface area contributed by atoms with E-state index in [1.165, 1.54) is 17.4 Å². The first-order valence-electron chi connectivity index (χ1n) is 8.77. The molecule has 0 bridgehead atoms. The van der Waals surface area contributed by atoms with Crippen LogP contribution in [0.2, 0.25) is 0 Å². The lowest BCUT2D eigenvalue weighted by Crippen LogP contribution is -2.16. The first-order chi connectivity index (χ1) is 13.6. The minimum absolute atomic E-state index is 0.151. The molecule has 0 N–H and O–H groups in total. The largest absolute Gasteiger partial charge is 0.462 e. The molecule has 4 rings (SSSR count). The molecule has 6 heteroatoms. The van der Waals surface area contributed by atoms with Gasteiger partial charge in [-0.05, 0) is 36.8 Å². The topological polar surface area (TPSA) is 48.3 Å². The highest BCUT2D eigenvalue weighted by Crippen LogP contribution is 2.39. The van der Waals surface area contributed by atoms with Gasteiger partial charge in [0.1, 0.15) is 9.71 Å². The van der Waals surface area contributed by atoms with Crippen LogP contribution in [0, 0.1) is 0 Å². The van der Waals surface area contributed by atoms with E-state index < -0.39 is 0 Å². The van der Waals surface area contributed by atoms with E-state index in [0.717, 1.165) is 26.7 Å². The molecule has 0 spiro atoms. The number of aromatic nitrogens is 1. The SMILES string of the molecule is CCOC(=O)c1sc2c(ccc(=O)n2-c2cccc(Br)c2)c1-c1ccccc1. The zero-order chi connectivity index (χ0) is 19.7. The zero-order valence-corrected chi connectivity index (χ0v) is 17.4. The van der Waals surface area contributed by atoms with Crippen molar-refractivity contribution in [1.82, 2.24) is 4.57 Å². The van der Waals surface area contributed by atoms with Crippen LogP contribution in [0.5, 0.6) is 0 Å². The lowest BCUT2D eigenvalue weighted by Gasteiger charge is -2.08. The van der Waals surface area contributed by atoms with E-state index in [0.29, 0.717) is 16.3 Å². The molecule has 2 aromatic carbocycles. The second kappa shape index (κ2) is 7.73. The summed E-state index contributed by atoms with van der Waals surface area (Å²) in [5.41, 5.74) is 2.29. The van der Waals surface area contributed by atoms with Crippen molar-refractivity contribution in [1.29, 1.82) is 0 Å². The monoisotopic (exact) mass is 453 g/mol. The molecular weight excluding hydrogens is 438 g/mol. The van der Waals surface area contributed by atoms with Gasteiger partial charge in [-0.2, -0.15) is 0 Å². The standard InChI is InChI=1S/C22H16BrNO3S/c1-2-27-22(26)20-19(14-7-4-3-5-8-14)17-11-12-18(25)24(21(17)28-20)16-10-6-9-15(23)13-16/h3-13H,2H2,1H3. The molecule has 0 radical (unpaired) electrons. The molecule has 0 fully saturated rings. The van der Waals surface area contributed by atoms with Crippen LogP contribution in [0.1, 0.15) is 16.6 Å². The maximum absolute atomic E-state index is 12.7. The van der Waals surface area contributed by atoms with Crippen molar-refractivity contribution in [2.75, 3.05) is 6.61 Å². The Labute approximate surface area is 174 Å². The predicted molar refractivity (Wildman–Crippen MR) is 117 cm³/mol. The van der Waals surface area contributed by atoms with E-state index in [1.807, 2.05) is 54.6 Å². The fraction of sp³-hybridized carbons (Fsp3) is 0.0909. The summed E-state index contributed by atoms with van der Waals surface area (Å²) < 4.78 is 7.80. The van der Waals surface area contributed by atoms with Crippen LogP contribution in [0.25, 0.3) is 27.0 Å². The van der Waals surface area contributed by atoms with Crippen LogP contribution in [-0.2, 0) is 4.74 Å². The van der Waals surface area contributed by atoms with E-state index in [1.54, 1.807) is 17.6 Å². The van der Waals surface area contributed by atoms with Crippen molar-refractivity contribution >= 4 is 43.5 Å². The molecule has 140 valence electrons. The van der Waals surface area contributed by atoms with Crippen molar-refractivity contribution < 1.29 is 9.53 Å². The van der Waals surface area contributed by atoms with Gasteiger partial charge in [-0.1, -0.05) is 52.3 Å². The number of carbonyl (C=O) groups is 1. The van der Waals surface area contributed by atoms with E-state index in [9.17, 15) is 9.59 Å². The molecule has 4 aromatic rings. The summed E-state index contributed by atoms with van der Waals surface area (Å²) >= 11 is 4.74. The summed E-state index contributed by atoms with van der Waals surface area (Å²) in [7, 11) is 0. The number of rotatable bonds is 4. The molecule has 2 heterocycles. The molecule has 2 aromatic heterocycles. The summed E-state index contributed by atoms with van der Waals surface area (Å²) in [4.78, 5) is 26.6. The Hall–Kier alpha value is -2.70. The second-order valence-corrected chi connectivity index (χ2v) is 8.01. The molecule has 0 atom stereocenters. The lowest BCUT2D eigenvalue weighted by atomic mass is 10.0. The third-order valence-corrected chi connectivity index (χ3v) is 6.00. The molecule has 28 heavy (non-hydrogen) atoms. The highest BCUT2D eigenvalue weighted by molar-refractivity contribution is 9.10. The number of esters is 1. The van der Waals surface area contributed by atoms with Gasteiger partial charge in [0.15, 0.2) is 0 Å². The number of fused-ring (bicyclic) bond motifs is 1. The molecule has 0 aliphatic carbocycles. The number of thiophene rings is 1. The maximum Gasteiger partial charge on any atom is 0.349 e. The van der Waals surface area contributed by atoms with Crippen LogP contribution in [0.15, 0.2) is 76.0 Å². The van der Waals surface area contributed by atoms with Gasteiger partial charge in [0.25, 0.3) is 5.56 Å². The number of carbonyl (C=O) groups excluding carboxylic acids is 1. The molecule has 0 saturated heterocycles. The van der Waals surface area contributed by atoms with Crippen LogP contribution >= 0.6 is 27.3 Å². The Morgan fingerprint density at radius 2 is 1.86 bits per heavy atom. The molecular formula is C22H16BrNO3S. The number of nitrogens with zero attached hydrogens (tertiary/aromatic N) is 1. The Morgan fingerprint density at radius 1 is 1.07 bits per heavy atom. The fourth-order valence-electron chi connectivity index (χ4n) is 3.17. The third-order valence-electron chi connectivity index (χ3n) is 4.33. The minimum Gasteiger partial charge on any atom is -0.462 e. The highest BCUT2D eigenvalue weighted by Gasteiger charge is 2.23. The van der Waals surface area contributed by atoms with Crippen molar-refractivity contribution in [3.05, 3.63) is 86.4 Å². The lowest BCUT2D eigenvalue weighted by molar-refractivity contribution is 0.0533. The van der Waals surface area contributed by atoms with Gasteiger partial charge in [0.2, 0.25) is 0 Å². The van der Waals surface area contributed by atoms with E-state index in [4.69, 9.17) is 4.74 Å². The van der Waals surface area contributed by atoms with Gasteiger partial charge < -0.3 is 4.74 Å². The van der Waals surface area contributed by atoms with Crippen LogP contribution in [-0.4, -0.2) is 17.1 Å².